The zero-order valence-electron chi connectivity index (χ0n) is 23.9. The number of allylic oxidation sites excluding steroid dienone is 2. The predicted octanol–water partition coefficient (Wildman–Crippen LogP) is 5.97. The summed E-state index contributed by atoms with van der Waals surface area (Å²) in [6.07, 6.45) is 5.93. The standard InChI is InChI=1S/C29H31N2SSe.C2H6O4S/c1-6-21(18-28-30(7-2)24-15-19(4)20(5)16-26(24)33-28)17-27-31(8-3)29-23-12-10-9-11-22(23)13-14-25(29)32-27;1-2-6-7(3,4)5/h9-18H,6-8H2,1-5H3;2H2,1H3,(H,3,4,5)/q+1;/p-1. The minimum atomic E-state index is -4.42. The van der Waals surface area contributed by atoms with Gasteiger partial charge in [0.2, 0.25) is 10.4 Å². The third-order valence-corrected chi connectivity index (χ3v) is 10.8. The number of thiazole rings is 1. The van der Waals surface area contributed by atoms with Crippen molar-refractivity contribution in [3.05, 3.63) is 80.9 Å². The van der Waals surface area contributed by atoms with Crippen LogP contribution in [0.25, 0.3) is 27.1 Å². The number of hydrogen-bond acceptors (Lipinski definition) is 6. The van der Waals surface area contributed by atoms with Crippen molar-refractivity contribution in [3.8, 4) is 0 Å². The maximum absolute atomic E-state index is 9.45. The topological polar surface area (TPSA) is 73.5 Å². The predicted molar refractivity (Wildman–Crippen MR) is 167 cm³/mol. The number of aryl methyl sites for hydroxylation is 3. The van der Waals surface area contributed by atoms with Crippen LogP contribution in [0.1, 0.15) is 50.3 Å². The van der Waals surface area contributed by atoms with Crippen molar-refractivity contribution in [2.24, 2.45) is 0 Å². The molecule has 40 heavy (non-hydrogen) atoms. The van der Waals surface area contributed by atoms with Gasteiger partial charge in [0.05, 0.1) is 6.61 Å². The monoisotopic (exact) mass is 644 g/mol. The molecule has 1 aromatic heterocycles. The molecule has 0 spiro atoms. The zero-order valence-corrected chi connectivity index (χ0v) is 27.2. The average molecular weight is 644 g/mol. The van der Waals surface area contributed by atoms with Crippen LogP contribution >= 0.6 is 11.3 Å². The van der Waals surface area contributed by atoms with Gasteiger partial charge in [-0.1, -0.05) is 0 Å². The van der Waals surface area contributed by atoms with Crippen molar-refractivity contribution in [2.75, 3.05) is 18.1 Å². The summed E-state index contributed by atoms with van der Waals surface area (Å²) >= 11 is 2.27. The van der Waals surface area contributed by atoms with Gasteiger partial charge in [0.1, 0.15) is 0 Å². The van der Waals surface area contributed by atoms with E-state index in [1.165, 1.54) is 64.4 Å². The molecule has 212 valence electrons. The molecule has 0 fully saturated rings. The van der Waals surface area contributed by atoms with Crippen LogP contribution in [0.5, 0.6) is 0 Å². The number of nitrogens with zero attached hydrogens (tertiary/aromatic N) is 2. The molecule has 0 unspecified atom stereocenters. The van der Waals surface area contributed by atoms with Gasteiger partial charge in [-0.25, -0.2) is 8.42 Å². The Labute approximate surface area is 248 Å². The van der Waals surface area contributed by atoms with Gasteiger partial charge in [-0.15, -0.1) is 0 Å². The first-order chi connectivity index (χ1) is 19.1. The summed E-state index contributed by atoms with van der Waals surface area (Å²) in [6.45, 7) is 14.6. The second kappa shape index (κ2) is 13.0. The number of benzene rings is 3. The van der Waals surface area contributed by atoms with Crippen LogP contribution in [0.3, 0.4) is 0 Å². The quantitative estimate of drug-likeness (QED) is 0.108. The van der Waals surface area contributed by atoms with Crippen LogP contribution in [0.2, 0.25) is 0 Å². The van der Waals surface area contributed by atoms with Crippen LogP contribution < -0.4 is 13.9 Å². The second-order valence-electron chi connectivity index (χ2n) is 9.44. The first-order valence-corrected chi connectivity index (χ1v) is 17.4. The molecule has 3 aromatic carbocycles. The second-order valence-corrected chi connectivity index (χ2v) is 13.8. The summed E-state index contributed by atoms with van der Waals surface area (Å²) in [5.41, 5.74) is 6.98. The molecule has 0 amide bonds. The number of hydrogen-bond donors (Lipinski definition) is 0. The Bertz CT molecular complexity index is 1710. The number of aromatic nitrogens is 1. The largest absolute Gasteiger partial charge is 0.726 e. The minimum Gasteiger partial charge on any atom is -0.726 e. The van der Waals surface area contributed by atoms with Crippen LogP contribution in [-0.4, -0.2) is 41.1 Å². The van der Waals surface area contributed by atoms with Gasteiger partial charge in [-0.05, 0) is 6.92 Å². The molecule has 6 nitrogen and oxygen atoms in total. The number of fused-ring (bicyclic) bond motifs is 4. The molecule has 5 rings (SSSR count). The van der Waals surface area contributed by atoms with Gasteiger partial charge < -0.3 is 4.55 Å². The molecule has 0 saturated heterocycles. The molecule has 0 bridgehead atoms. The van der Waals surface area contributed by atoms with E-state index in [2.05, 4.69) is 109 Å². The van der Waals surface area contributed by atoms with Crippen molar-refractivity contribution >= 4 is 73.9 Å². The Kier molecular flexibility index (Phi) is 9.88. The Morgan fingerprint density at radius 2 is 1.80 bits per heavy atom. The Morgan fingerprint density at radius 3 is 2.42 bits per heavy atom. The summed E-state index contributed by atoms with van der Waals surface area (Å²) in [4.78, 5) is 2.53. The fourth-order valence-corrected chi connectivity index (χ4v) is 8.99. The van der Waals surface area contributed by atoms with Gasteiger partial charge in [0.15, 0.2) is 0 Å². The molecule has 0 radical (unpaired) electrons. The van der Waals surface area contributed by atoms with E-state index in [1.54, 1.807) is 0 Å². The van der Waals surface area contributed by atoms with Crippen LogP contribution in [0, 0.1) is 13.8 Å². The molecule has 1 aliphatic heterocycles. The molecule has 2 heterocycles. The van der Waals surface area contributed by atoms with Crippen molar-refractivity contribution < 1.29 is 21.7 Å². The molecule has 0 aliphatic carbocycles. The molecule has 4 aromatic rings. The maximum atomic E-state index is 9.45. The van der Waals surface area contributed by atoms with Gasteiger partial charge in [-0.2, -0.15) is 0 Å². The summed E-state index contributed by atoms with van der Waals surface area (Å²) in [7, 11) is -4.42. The van der Waals surface area contributed by atoms with Gasteiger partial charge in [-0.3, -0.25) is 4.18 Å². The molecular formula is C31H36N2O4S2Se. The molecule has 1 aliphatic rings. The summed E-state index contributed by atoms with van der Waals surface area (Å²) in [5.74, 6) is 0. The third-order valence-electron chi connectivity index (χ3n) is 6.88. The van der Waals surface area contributed by atoms with E-state index in [0.29, 0.717) is 15.0 Å². The maximum Gasteiger partial charge on any atom is 0.217 e. The van der Waals surface area contributed by atoms with Crippen molar-refractivity contribution in [3.63, 3.8) is 0 Å². The van der Waals surface area contributed by atoms with Gasteiger partial charge in [0, 0.05) is 0 Å². The van der Waals surface area contributed by atoms with Crippen molar-refractivity contribution in [1.29, 1.82) is 0 Å². The Balaban J connectivity index is 0.000000470. The van der Waals surface area contributed by atoms with E-state index in [4.69, 9.17) is 0 Å². The molecule has 0 atom stereocenters. The Morgan fingerprint density at radius 1 is 1.07 bits per heavy atom. The van der Waals surface area contributed by atoms with Gasteiger partial charge >= 0.3 is 208 Å². The minimum absolute atomic E-state index is 0.0914. The third kappa shape index (κ3) is 6.68. The zero-order chi connectivity index (χ0) is 29.0. The first kappa shape index (κ1) is 30.4. The molecule has 0 saturated carbocycles. The van der Waals surface area contributed by atoms with Crippen molar-refractivity contribution in [1.82, 2.24) is 0 Å². The summed E-state index contributed by atoms with van der Waals surface area (Å²) < 4.78 is 38.9. The number of anilines is 1. The van der Waals surface area contributed by atoms with Gasteiger partial charge in [0.25, 0.3) is 0 Å². The van der Waals surface area contributed by atoms with E-state index < -0.39 is 10.4 Å². The van der Waals surface area contributed by atoms with E-state index in [9.17, 15) is 13.0 Å². The van der Waals surface area contributed by atoms with Crippen LogP contribution in [0.4, 0.5) is 5.69 Å². The molecule has 0 N–H and O–H groups in total. The Hall–Kier alpha value is -2.52. The number of rotatable bonds is 7. The molecular weight excluding hydrogens is 607 g/mol. The van der Waals surface area contributed by atoms with E-state index in [-0.39, 0.29) is 6.61 Å². The van der Waals surface area contributed by atoms with Crippen LogP contribution in [-0.2, 0) is 21.1 Å². The average Bonchev–Trinajstić information content (AvgIpc) is 3.44. The van der Waals surface area contributed by atoms with E-state index in [1.807, 2.05) is 11.3 Å². The first-order valence-electron chi connectivity index (χ1n) is 13.5. The summed E-state index contributed by atoms with van der Waals surface area (Å²) in [5, 5.41) is 4.01. The normalized spacial score (nSPS) is 14.6. The fraction of sp³-hybridized carbons (Fsp3) is 0.323. The summed E-state index contributed by atoms with van der Waals surface area (Å²) in [6, 6.07) is 18.1. The van der Waals surface area contributed by atoms with Crippen molar-refractivity contribution in [2.45, 2.75) is 54.5 Å². The molecule has 9 heteroatoms. The van der Waals surface area contributed by atoms with Crippen LogP contribution in [0.15, 0.2) is 64.8 Å². The van der Waals surface area contributed by atoms with E-state index in [0.717, 1.165) is 19.5 Å². The fourth-order valence-electron chi connectivity index (χ4n) is 4.79. The smallest absolute Gasteiger partial charge is 0.217 e. The van der Waals surface area contributed by atoms with E-state index >= 15 is 0 Å². The SMILES string of the molecule is CCC(=Cc1sc2ccc3ccccc3c2[n+]1CC)C=C1[Se]c2cc(C)c(C)cc2N1CC.CCOS(=O)(=O)[O-].